The van der Waals surface area contributed by atoms with E-state index in [1.807, 2.05) is 0 Å². The molecule has 4 rings (SSSR count). The van der Waals surface area contributed by atoms with E-state index in [4.69, 9.17) is 4.74 Å². The molecular weight excluding hydrogens is 361 g/mol. The van der Waals surface area contributed by atoms with Gasteiger partial charge in [0.05, 0.1) is 24.7 Å². The summed E-state index contributed by atoms with van der Waals surface area (Å²) < 4.78 is 21.1. The number of benzene rings is 2. The Morgan fingerprint density at radius 3 is 2.50 bits per heavy atom. The third kappa shape index (κ3) is 2.96. The first kappa shape index (κ1) is 17.7. The Morgan fingerprint density at radius 1 is 1.00 bits per heavy atom. The molecule has 0 saturated heterocycles. The number of hydrogen-bond acceptors (Lipinski definition) is 4. The Balaban J connectivity index is 2.03. The fourth-order valence-electron chi connectivity index (χ4n) is 3.13. The van der Waals surface area contributed by atoms with Crippen LogP contribution >= 0.6 is 0 Å². The summed E-state index contributed by atoms with van der Waals surface area (Å²) >= 11 is 0. The van der Waals surface area contributed by atoms with E-state index >= 15 is 0 Å². The van der Waals surface area contributed by atoms with Crippen molar-refractivity contribution in [1.29, 1.82) is 0 Å². The first-order valence-electron chi connectivity index (χ1n) is 8.58. The van der Waals surface area contributed by atoms with Gasteiger partial charge in [-0.05, 0) is 42.0 Å². The lowest BCUT2D eigenvalue weighted by molar-refractivity contribution is 0.412. The van der Waals surface area contributed by atoms with E-state index in [9.17, 15) is 14.0 Å². The average molecular weight is 377 g/mol. The van der Waals surface area contributed by atoms with Crippen LogP contribution in [0.4, 0.5) is 4.39 Å². The summed E-state index contributed by atoms with van der Waals surface area (Å²) in [6, 6.07) is 16.0. The molecular formula is C21H16FN3O3. The standard InChI is InChI=1S/C21H16FN3O3/c1-28-18-7-3-2-6-17(18)25-19-16(5-4-12-23-19)20(26)24(21(25)27)13-14-8-10-15(22)11-9-14/h2-12H,13H2,1H3. The van der Waals surface area contributed by atoms with Gasteiger partial charge >= 0.3 is 5.69 Å². The van der Waals surface area contributed by atoms with Crippen LogP contribution in [0.1, 0.15) is 5.56 Å². The highest BCUT2D eigenvalue weighted by atomic mass is 19.1. The minimum Gasteiger partial charge on any atom is -0.495 e. The van der Waals surface area contributed by atoms with Gasteiger partial charge in [0.1, 0.15) is 11.6 Å². The van der Waals surface area contributed by atoms with Crippen LogP contribution < -0.4 is 16.0 Å². The Kier molecular flexibility index (Phi) is 4.49. The average Bonchev–Trinajstić information content (AvgIpc) is 2.73. The normalized spacial score (nSPS) is 10.9. The van der Waals surface area contributed by atoms with Crippen LogP contribution in [0.2, 0.25) is 0 Å². The number of rotatable bonds is 4. The maximum Gasteiger partial charge on any atom is 0.337 e. The van der Waals surface area contributed by atoms with Crippen molar-refractivity contribution in [2.45, 2.75) is 6.54 Å². The van der Waals surface area contributed by atoms with Crippen molar-refractivity contribution < 1.29 is 9.13 Å². The second-order valence-electron chi connectivity index (χ2n) is 6.18. The number of fused-ring (bicyclic) bond motifs is 1. The molecule has 140 valence electrons. The van der Waals surface area contributed by atoms with Gasteiger partial charge in [0.25, 0.3) is 5.56 Å². The molecule has 0 N–H and O–H groups in total. The van der Waals surface area contributed by atoms with Crippen molar-refractivity contribution in [3.63, 3.8) is 0 Å². The van der Waals surface area contributed by atoms with Gasteiger partial charge in [-0.15, -0.1) is 0 Å². The second kappa shape index (κ2) is 7.11. The third-order valence-corrected chi connectivity index (χ3v) is 4.48. The molecule has 0 amide bonds. The lowest BCUT2D eigenvalue weighted by atomic mass is 10.2. The monoisotopic (exact) mass is 377 g/mol. The number of halogens is 1. The Labute approximate surface area is 159 Å². The zero-order chi connectivity index (χ0) is 19.7. The fraction of sp³-hybridized carbons (Fsp3) is 0.0952. The number of ether oxygens (including phenoxy) is 1. The molecule has 0 spiro atoms. The third-order valence-electron chi connectivity index (χ3n) is 4.48. The summed E-state index contributed by atoms with van der Waals surface area (Å²) in [7, 11) is 1.51. The SMILES string of the molecule is COc1ccccc1-n1c(=O)n(Cc2ccc(F)cc2)c(=O)c2cccnc21. The number of hydrogen-bond donors (Lipinski definition) is 0. The van der Waals surface area contributed by atoms with Gasteiger partial charge in [0.2, 0.25) is 0 Å². The maximum atomic E-state index is 13.3. The van der Waals surface area contributed by atoms with Gasteiger partial charge < -0.3 is 4.74 Å². The van der Waals surface area contributed by atoms with Crippen LogP contribution in [0.15, 0.2) is 76.4 Å². The van der Waals surface area contributed by atoms with E-state index in [1.165, 1.54) is 30.0 Å². The summed E-state index contributed by atoms with van der Waals surface area (Å²) in [5.74, 6) is 0.0915. The zero-order valence-corrected chi connectivity index (χ0v) is 15.0. The van der Waals surface area contributed by atoms with Crippen molar-refractivity contribution in [2.24, 2.45) is 0 Å². The minimum atomic E-state index is -0.551. The quantitative estimate of drug-likeness (QED) is 0.549. The van der Waals surface area contributed by atoms with E-state index < -0.39 is 11.2 Å². The van der Waals surface area contributed by atoms with Crippen molar-refractivity contribution in [3.05, 3.63) is 99.1 Å². The highest BCUT2D eigenvalue weighted by molar-refractivity contribution is 5.76. The predicted octanol–water partition coefficient (Wildman–Crippen LogP) is 2.74. The predicted molar refractivity (Wildman–Crippen MR) is 104 cm³/mol. The number of para-hydroxylation sites is 2. The summed E-state index contributed by atoms with van der Waals surface area (Å²) in [6.07, 6.45) is 1.53. The van der Waals surface area contributed by atoms with E-state index in [1.54, 1.807) is 48.5 Å². The summed E-state index contributed by atoms with van der Waals surface area (Å²) in [5.41, 5.74) is 0.355. The van der Waals surface area contributed by atoms with Crippen molar-refractivity contribution >= 4 is 11.0 Å². The van der Waals surface area contributed by atoms with E-state index in [-0.39, 0.29) is 18.0 Å². The molecule has 0 bridgehead atoms. The maximum absolute atomic E-state index is 13.3. The van der Waals surface area contributed by atoms with Crippen molar-refractivity contribution in [1.82, 2.24) is 14.1 Å². The van der Waals surface area contributed by atoms with Crippen LogP contribution in [-0.2, 0) is 6.54 Å². The Morgan fingerprint density at radius 2 is 1.75 bits per heavy atom. The minimum absolute atomic E-state index is 0.0118. The summed E-state index contributed by atoms with van der Waals surface area (Å²) in [4.78, 5) is 30.5. The van der Waals surface area contributed by atoms with E-state index in [0.717, 1.165) is 4.57 Å². The van der Waals surface area contributed by atoms with Crippen LogP contribution in [0.25, 0.3) is 16.7 Å². The van der Waals surface area contributed by atoms with Gasteiger partial charge in [-0.1, -0.05) is 24.3 Å². The van der Waals surface area contributed by atoms with Gasteiger partial charge in [-0.3, -0.25) is 9.36 Å². The molecule has 0 aliphatic heterocycles. The lowest BCUT2D eigenvalue weighted by Crippen LogP contribution is -2.40. The van der Waals surface area contributed by atoms with E-state index in [0.29, 0.717) is 22.4 Å². The fourth-order valence-corrected chi connectivity index (χ4v) is 3.13. The van der Waals surface area contributed by atoms with Crippen molar-refractivity contribution in [3.8, 4) is 11.4 Å². The number of pyridine rings is 1. The van der Waals surface area contributed by atoms with Crippen LogP contribution in [0.5, 0.6) is 5.75 Å². The molecule has 6 nitrogen and oxygen atoms in total. The van der Waals surface area contributed by atoms with Crippen LogP contribution in [0.3, 0.4) is 0 Å². The first-order chi connectivity index (χ1) is 13.6. The molecule has 2 aromatic heterocycles. The Bertz CT molecular complexity index is 1280. The zero-order valence-electron chi connectivity index (χ0n) is 15.0. The molecule has 2 aromatic carbocycles. The van der Waals surface area contributed by atoms with Gasteiger partial charge in [-0.25, -0.2) is 18.7 Å². The summed E-state index contributed by atoms with van der Waals surface area (Å²) in [6.45, 7) is 0.0118. The molecule has 0 aliphatic carbocycles. The smallest absolute Gasteiger partial charge is 0.337 e. The van der Waals surface area contributed by atoms with Gasteiger partial charge in [0.15, 0.2) is 5.65 Å². The Hall–Kier alpha value is -3.74. The second-order valence-corrected chi connectivity index (χ2v) is 6.18. The van der Waals surface area contributed by atoms with Crippen molar-refractivity contribution in [2.75, 3.05) is 7.11 Å². The molecule has 0 aliphatic rings. The lowest BCUT2D eigenvalue weighted by Gasteiger charge is -2.15. The molecule has 0 atom stereocenters. The molecule has 2 heterocycles. The summed E-state index contributed by atoms with van der Waals surface area (Å²) in [5, 5.41) is 0.301. The van der Waals surface area contributed by atoms with Gasteiger partial charge in [-0.2, -0.15) is 0 Å². The molecule has 0 unspecified atom stereocenters. The molecule has 0 radical (unpaired) electrons. The molecule has 7 heteroatoms. The highest BCUT2D eigenvalue weighted by Gasteiger charge is 2.17. The number of aromatic nitrogens is 3. The molecule has 0 saturated carbocycles. The number of nitrogens with zero attached hydrogens (tertiary/aromatic N) is 3. The first-order valence-corrected chi connectivity index (χ1v) is 8.58. The van der Waals surface area contributed by atoms with Crippen LogP contribution in [-0.4, -0.2) is 21.2 Å². The highest BCUT2D eigenvalue weighted by Crippen LogP contribution is 2.22. The molecule has 4 aromatic rings. The largest absolute Gasteiger partial charge is 0.495 e. The number of methoxy groups -OCH3 is 1. The van der Waals surface area contributed by atoms with Crippen LogP contribution in [0, 0.1) is 5.82 Å². The van der Waals surface area contributed by atoms with Gasteiger partial charge in [0, 0.05) is 6.20 Å². The molecule has 0 fully saturated rings. The van der Waals surface area contributed by atoms with E-state index in [2.05, 4.69) is 4.98 Å². The topological polar surface area (TPSA) is 66.1 Å². The molecule has 28 heavy (non-hydrogen) atoms.